The summed E-state index contributed by atoms with van der Waals surface area (Å²) in [7, 11) is 7.59. The molecular weight excluding hydrogens is 503 g/mol. The van der Waals surface area contributed by atoms with Gasteiger partial charge in [0.1, 0.15) is 12.4 Å². The van der Waals surface area contributed by atoms with Crippen molar-refractivity contribution in [1.29, 1.82) is 0 Å². The number of anilines is 1. The number of aliphatic imine (C=N–C) groups is 1. The Morgan fingerprint density at radius 2 is 1.77 bits per heavy atom. The molecule has 0 aliphatic rings. The minimum Gasteiger partial charge on any atom is -0.491 e. The van der Waals surface area contributed by atoms with Crippen LogP contribution in [0, 0.1) is 6.92 Å². The molecule has 7 heteroatoms. The van der Waals surface area contributed by atoms with E-state index in [1.54, 1.807) is 14.2 Å². The van der Waals surface area contributed by atoms with Crippen LogP contribution in [0.2, 0.25) is 0 Å². The van der Waals surface area contributed by atoms with Gasteiger partial charge in [-0.2, -0.15) is 0 Å². The molecule has 0 saturated carbocycles. The van der Waals surface area contributed by atoms with Gasteiger partial charge in [-0.3, -0.25) is 4.99 Å². The van der Waals surface area contributed by atoms with Crippen molar-refractivity contribution in [2.75, 3.05) is 52.9 Å². The first-order chi connectivity index (χ1) is 14.5. The van der Waals surface area contributed by atoms with E-state index in [0.29, 0.717) is 19.8 Å². The first-order valence-corrected chi connectivity index (χ1v) is 10.5. The summed E-state index contributed by atoms with van der Waals surface area (Å²) >= 11 is 0. The highest BCUT2D eigenvalue weighted by Gasteiger charge is 2.06. The van der Waals surface area contributed by atoms with Gasteiger partial charge in [-0.15, -0.1) is 24.0 Å². The van der Waals surface area contributed by atoms with Crippen LogP contribution in [0.5, 0.6) is 5.75 Å². The maximum absolute atomic E-state index is 5.87. The molecule has 0 unspecified atom stereocenters. The number of nitrogens with zero attached hydrogens (tertiary/aromatic N) is 2. The number of nitrogens with one attached hydrogen (secondary N) is 2. The number of aryl methyl sites for hydroxylation is 2. The fourth-order valence-electron chi connectivity index (χ4n) is 3.04. The first-order valence-electron chi connectivity index (χ1n) is 10.5. The Morgan fingerprint density at radius 3 is 2.42 bits per heavy atom. The van der Waals surface area contributed by atoms with Gasteiger partial charge in [-0.25, -0.2) is 0 Å². The number of halogens is 1. The summed E-state index contributed by atoms with van der Waals surface area (Å²) < 4.78 is 10.9. The van der Waals surface area contributed by atoms with Gasteiger partial charge < -0.3 is 25.0 Å². The molecule has 2 rings (SSSR count). The van der Waals surface area contributed by atoms with Crippen molar-refractivity contribution in [2.24, 2.45) is 4.99 Å². The van der Waals surface area contributed by atoms with E-state index < -0.39 is 0 Å². The Labute approximate surface area is 204 Å². The summed E-state index contributed by atoms with van der Waals surface area (Å²) in [5.74, 6) is 1.68. The number of hydrogen-bond donors (Lipinski definition) is 2. The lowest BCUT2D eigenvalue weighted by atomic mass is 10.1. The largest absolute Gasteiger partial charge is 0.491 e. The summed E-state index contributed by atoms with van der Waals surface area (Å²) in [4.78, 5) is 6.44. The van der Waals surface area contributed by atoms with Gasteiger partial charge in [-0.05, 0) is 49.1 Å². The molecule has 172 valence electrons. The van der Waals surface area contributed by atoms with Gasteiger partial charge in [-0.1, -0.05) is 24.3 Å². The summed E-state index contributed by atoms with van der Waals surface area (Å²) in [5.41, 5.74) is 4.85. The van der Waals surface area contributed by atoms with Gasteiger partial charge in [0.05, 0.1) is 6.61 Å². The van der Waals surface area contributed by atoms with Crippen molar-refractivity contribution >= 4 is 35.6 Å². The van der Waals surface area contributed by atoms with Crippen LogP contribution in [0.1, 0.15) is 23.1 Å². The lowest BCUT2D eigenvalue weighted by molar-refractivity contribution is 0.145. The maximum Gasteiger partial charge on any atom is 0.191 e. The average Bonchev–Trinajstić information content (AvgIpc) is 2.75. The highest BCUT2D eigenvalue weighted by atomic mass is 127. The Morgan fingerprint density at radius 1 is 1.03 bits per heavy atom. The summed E-state index contributed by atoms with van der Waals surface area (Å²) in [6.07, 6.45) is 2.07. The van der Waals surface area contributed by atoms with Crippen molar-refractivity contribution in [1.82, 2.24) is 10.6 Å². The van der Waals surface area contributed by atoms with E-state index >= 15 is 0 Å². The SMILES string of the molecule is CN=C(NCCCc1ccc(N(C)C)cc1)NCc1ccc(C)cc1OCCOC.I. The molecule has 0 saturated heterocycles. The predicted octanol–water partition coefficient (Wildman–Crippen LogP) is 4.00. The zero-order valence-corrected chi connectivity index (χ0v) is 21.7. The highest BCUT2D eigenvalue weighted by Crippen LogP contribution is 2.20. The van der Waals surface area contributed by atoms with E-state index in [-0.39, 0.29) is 24.0 Å². The standard InChI is InChI=1S/C24H36N4O2.HI/c1-19-8-11-21(23(17-19)30-16-15-29-5)18-27-24(25-2)26-14-6-7-20-9-12-22(13-10-20)28(3)4;/h8-13,17H,6-7,14-16,18H2,1-5H3,(H2,25,26,27);1H. The molecule has 0 aromatic heterocycles. The van der Waals surface area contributed by atoms with Crippen LogP contribution in [0.15, 0.2) is 47.5 Å². The van der Waals surface area contributed by atoms with Crippen LogP contribution in [0.4, 0.5) is 5.69 Å². The minimum atomic E-state index is 0. The molecule has 0 aliphatic heterocycles. The number of benzene rings is 2. The number of methoxy groups -OCH3 is 1. The molecule has 0 aliphatic carbocycles. The molecule has 0 bridgehead atoms. The van der Waals surface area contributed by atoms with Gasteiger partial charge in [0.25, 0.3) is 0 Å². The Balaban J connectivity index is 0.00000480. The monoisotopic (exact) mass is 540 g/mol. The lowest BCUT2D eigenvalue weighted by Gasteiger charge is -2.15. The Hall–Kier alpha value is -2.00. The molecule has 2 aromatic carbocycles. The van der Waals surface area contributed by atoms with Gasteiger partial charge >= 0.3 is 0 Å². The number of ether oxygens (including phenoxy) is 2. The predicted molar refractivity (Wildman–Crippen MR) is 141 cm³/mol. The van der Waals surface area contributed by atoms with Crippen LogP contribution in [0.25, 0.3) is 0 Å². The zero-order valence-electron chi connectivity index (χ0n) is 19.4. The van der Waals surface area contributed by atoms with E-state index in [1.165, 1.54) is 16.8 Å². The van der Waals surface area contributed by atoms with Gasteiger partial charge in [0, 0.05) is 52.6 Å². The lowest BCUT2D eigenvalue weighted by Crippen LogP contribution is -2.37. The van der Waals surface area contributed by atoms with Crippen molar-refractivity contribution in [3.05, 3.63) is 59.2 Å². The molecule has 0 atom stereocenters. The van der Waals surface area contributed by atoms with Crippen LogP contribution in [0.3, 0.4) is 0 Å². The molecular formula is C24H37IN4O2. The highest BCUT2D eigenvalue weighted by molar-refractivity contribution is 14.0. The quantitative estimate of drug-likeness (QED) is 0.195. The van der Waals surface area contributed by atoms with E-state index in [9.17, 15) is 0 Å². The van der Waals surface area contributed by atoms with E-state index in [0.717, 1.165) is 36.7 Å². The molecule has 0 fully saturated rings. The maximum atomic E-state index is 5.87. The molecule has 0 amide bonds. The van der Waals surface area contributed by atoms with E-state index in [1.807, 2.05) is 0 Å². The topological polar surface area (TPSA) is 58.1 Å². The van der Waals surface area contributed by atoms with Gasteiger partial charge in [0.2, 0.25) is 0 Å². The normalized spacial score (nSPS) is 10.9. The van der Waals surface area contributed by atoms with E-state index in [4.69, 9.17) is 9.47 Å². The van der Waals surface area contributed by atoms with Gasteiger partial charge in [0.15, 0.2) is 5.96 Å². The number of hydrogen-bond acceptors (Lipinski definition) is 4. The third kappa shape index (κ3) is 9.78. The van der Waals surface area contributed by atoms with E-state index in [2.05, 4.69) is 84.0 Å². The molecule has 31 heavy (non-hydrogen) atoms. The fraction of sp³-hybridized carbons (Fsp3) is 0.458. The smallest absolute Gasteiger partial charge is 0.191 e. The first kappa shape index (κ1) is 27.0. The second-order valence-electron chi connectivity index (χ2n) is 7.47. The van der Waals surface area contributed by atoms with Crippen molar-refractivity contribution in [2.45, 2.75) is 26.3 Å². The molecule has 2 aromatic rings. The third-order valence-corrected chi connectivity index (χ3v) is 4.82. The second kappa shape index (κ2) is 14.9. The molecule has 0 radical (unpaired) electrons. The second-order valence-corrected chi connectivity index (χ2v) is 7.47. The Kier molecular flexibility index (Phi) is 13.0. The molecule has 6 nitrogen and oxygen atoms in total. The van der Waals surface area contributed by atoms with Crippen LogP contribution < -0.4 is 20.3 Å². The third-order valence-electron chi connectivity index (χ3n) is 4.82. The fourth-order valence-corrected chi connectivity index (χ4v) is 3.04. The molecule has 2 N–H and O–H groups in total. The minimum absolute atomic E-state index is 0. The number of rotatable bonds is 11. The van der Waals surface area contributed by atoms with Crippen LogP contribution in [-0.2, 0) is 17.7 Å². The molecule has 0 spiro atoms. The van der Waals surface area contributed by atoms with Crippen LogP contribution >= 0.6 is 24.0 Å². The summed E-state index contributed by atoms with van der Waals surface area (Å²) in [6, 6.07) is 15.0. The van der Waals surface area contributed by atoms with Crippen molar-refractivity contribution < 1.29 is 9.47 Å². The zero-order chi connectivity index (χ0) is 21.8. The average molecular weight is 540 g/mol. The summed E-state index contributed by atoms with van der Waals surface area (Å²) in [5, 5.41) is 6.77. The van der Waals surface area contributed by atoms with Crippen molar-refractivity contribution in [3.8, 4) is 5.75 Å². The summed E-state index contributed by atoms with van der Waals surface area (Å²) in [6.45, 7) is 4.68. The van der Waals surface area contributed by atoms with Crippen LogP contribution in [-0.4, -0.2) is 54.0 Å². The van der Waals surface area contributed by atoms with Crippen molar-refractivity contribution in [3.63, 3.8) is 0 Å². The number of guanidine groups is 1. The Bertz CT molecular complexity index is 795. The molecule has 0 heterocycles.